The topological polar surface area (TPSA) is 77.1 Å². The van der Waals surface area contributed by atoms with E-state index in [2.05, 4.69) is 9.89 Å². The van der Waals surface area contributed by atoms with E-state index in [1.807, 2.05) is 0 Å². The first-order chi connectivity index (χ1) is 9.33. The van der Waals surface area contributed by atoms with Crippen molar-refractivity contribution < 1.29 is 32.2 Å². The fourth-order valence-electron chi connectivity index (χ4n) is 1.23. The number of halogens is 4. The van der Waals surface area contributed by atoms with Crippen molar-refractivity contribution in [1.82, 2.24) is 0 Å². The summed E-state index contributed by atoms with van der Waals surface area (Å²) in [5.74, 6) is -1.23. The SMILES string of the molecule is N/C(=N/O)c1ccc(OCCOCC(F)(F)F)c(F)c1. The molecule has 0 bridgehead atoms. The van der Waals surface area contributed by atoms with Crippen molar-refractivity contribution >= 4 is 5.84 Å². The minimum atomic E-state index is -4.41. The molecule has 0 aliphatic rings. The van der Waals surface area contributed by atoms with Gasteiger partial charge >= 0.3 is 6.18 Å². The second-order valence-electron chi connectivity index (χ2n) is 3.65. The number of hydrogen-bond donors (Lipinski definition) is 2. The summed E-state index contributed by atoms with van der Waals surface area (Å²) in [7, 11) is 0. The highest BCUT2D eigenvalue weighted by Gasteiger charge is 2.27. The molecule has 0 fully saturated rings. The van der Waals surface area contributed by atoms with Crippen LogP contribution in [-0.2, 0) is 4.74 Å². The van der Waals surface area contributed by atoms with Crippen LogP contribution in [-0.4, -0.2) is 37.0 Å². The summed E-state index contributed by atoms with van der Waals surface area (Å²) in [6.07, 6.45) is -4.41. The normalized spacial score (nSPS) is 12.5. The van der Waals surface area contributed by atoms with Gasteiger partial charge in [0.2, 0.25) is 0 Å². The van der Waals surface area contributed by atoms with Crippen LogP contribution in [0.25, 0.3) is 0 Å². The number of amidine groups is 1. The maximum Gasteiger partial charge on any atom is 0.411 e. The predicted molar refractivity (Wildman–Crippen MR) is 61.3 cm³/mol. The van der Waals surface area contributed by atoms with Gasteiger partial charge in [-0.25, -0.2) is 4.39 Å². The quantitative estimate of drug-likeness (QED) is 0.210. The molecule has 0 aliphatic carbocycles. The van der Waals surface area contributed by atoms with E-state index < -0.39 is 18.6 Å². The molecule has 3 N–H and O–H groups in total. The Morgan fingerprint density at radius 3 is 2.55 bits per heavy atom. The Hall–Kier alpha value is -2.03. The van der Waals surface area contributed by atoms with Crippen molar-refractivity contribution in [1.29, 1.82) is 0 Å². The van der Waals surface area contributed by atoms with Gasteiger partial charge in [0.05, 0.1) is 6.61 Å². The van der Waals surface area contributed by atoms with Gasteiger partial charge in [0.25, 0.3) is 0 Å². The van der Waals surface area contributed by atoms with Gasteiger partial charge in [-0.15, -0.1) is 0 Å². The molecule has 0 heterocycles. The highest BCUT2D eigenvalue weighted by Crippen LogP contribution is 2.18. The van der Waals surface area contributed by atoms with Crippen molar-refractivity contribution in [3.05, 3.63) is 29.6 Å². The molecule has 0 atom stereocenters. The van der Waals surface area contributed by atoms with Gasteiger partial charge in [-0.2, -0.15) is 13.2 Å². The molecular weight excluding hydrogens is 284 g/mol. The molecule has 0 saturated carbocycles. The minimum absolute atomic E-state index is 0.144. The zero-order chi connectivity index (χ0) is 15.2. The van der Waals surface area contributed by atoms with Gasteiger partial charge in [0.15, 0.2) is 17.4 Å². The lowest BCUT2D eigenvalue weighted by molar-refractivity contribution is -0.175. The fraction of sp³-hybridized carbons (Fsp3) is 0.364. The molecule has 0 spiro atoms. The van der Waals surface area contributed by atoms with Crippen LogP contribution in [0.3, 0.4) is 0 Å². The summed E-state index contributed by atoms with van der Waals surface area (Å²) < 4.78 is 58.0. The second kappa shape index (κ2) is 6.94. The third-order valence-electron chi connectivity index (χ3n) is 2.09. The van der Waals surface area contributed by atoms with E-state index >= 15 is 0 Å². The highest BCUT2D eigenvalue weighted by atomic mass is 19.4. The van der Waals surface area contributed by atoms with Crippen LogP contribution in [0.15, 0.2) is 23.4 Å². The van der Waals surface area contributed by atoms with Crippen molar-refractivity contribution in [3.63, 3.8) is 0 Å². The summed E-state index contributed by atoms with van der Waals surface area (Å²) in [4.78, 5) is 0. The number of nitrogens with zero attached hydrogens (tertiary/aromatic N) is 1. The van der Waals surface area contributed by atoms with Gasteiger partial charge in [-0.05, 0) is 18.2 Å². The van der Waals surface area contributed by atoms with E-state index in [0.717, 1.165) is 6.07 Å². The van der Waals surface area contributed by atoms with Crippen LogP contribution in [0.5, 0.6) is 5.75 Å². The van der Waals surface area contributed by atoms with Crippen LogP contribution in [0.1, 0.15) is 5.56 Å². The number of ether oxygens (including phenoxy) is 2. The Labute approximate surface area is 111 Å². The lowest BCUT2D eigenvalue weighted by Crippen LogP contribution is -2.19. The van der Waals surface area contributed by atoms with Crippen LogP contribution < -0.4 is 10.5 Å². The Morgan fingerprint density at radius 1 is 1.30 bits per heavy atom. The van der Waals surface area contributed by atoms with E-state index in [-0.39, 0.29) is 30.4 Å². The monoisotopic (exact) mass is 296 g/mol. The van der Waals surface area contributed by atoms with Crippen LogP contribution in [0.2, 0.25) is 0 Å². The highest BCUT2D eigenvalue weighted by molar-refractivity contribution is 5.97. The zero-order valence-electron chi connectivity index (χ0n) is 10.2. The molecule has 1 rings (SSSR count). The van der Waals surface area contributed by atoms with Gasteiger partial charge in [-0.1, -0.05) is 5.16 Å². The molecule has 112 valence electrons. The van der Waals surface area contributed by atoms with E-state index in [0.29, 0.717) is 0 Å². The van der Waals surface area contributed by atoms with E-state index in [1.54, 1.807) is 0 Å². The zero-order valence-corrected chi connectivity index (χ0v) is 10.2. The van der Waals surface area contributed by atoms with Crippen molar-refractivity contribution in [2.24, 2.45) is 10.9 Å². The Kier molecular flexibility index (Phi) is 5.56. The first-order valence-electron chi connectivity index (χ1n) is 5.38. The van der Waals surface area contributed by atoms with Crippen LogP contribution >= 0.6 is 0 Å². The number of benzene rings is 1. The Balaban J connectivity index is 2.45. The smallest absolute Gasteiger partial charge is 0.411 e. The van der Waals surface area contributed by atoms with E-state index in [1.165, 1.54) is 12.1 Å². The van der Waals surface area contributed by atoms with Gasteiger partial charge in [0.1, 0.15) is 13.2 Å². The minimum Gasteiger partial charge on any atom is -0.488 e. The first-order valence-corrected chi connectivity index (χ1v) is 5.38. The maximum absolute atomic E-state index is 13.5. The Morgan fingerprint density at radius 2 is 2.00 bits per heavy atom. The molecule has 20 heavy (non-hydrogen) atoms. The molecule has 0 aromatic heterocycles. The van der Waals surface area contributed by atoms with Gasteiger partial charge < -0.3 is 20.4 Å². The third-order valence-corrected chi connectivity index (χ3v) is 2.09. The average molecular weight is 296 g/mol. The second-order valence-corrected chi connectivity index (χ2v) is 3.65. The molecule has 1 aromatic carbocycles. The van der Waals surface area contributed by atoms with Gasteiger partial charge in [0, 0.05) is 5.56 Å². The number of rotatable bonds is 6. The van der Waals surface area contributed by atoms with E-state index in [9.17, 15) is 17.6 Å². The summed E-state index contributed by atoms with van der Waals surface area (Å²) in [6.45, 7) is -1.96. The molecule has 0 aliphatic heterocycles. The fourth-order valence-corrected chi connectivity index (χ4v) is 1.23. The molecule has 9 heteroatoms. The molecule has 1 aromatic rings. The van der Waals surface area contributed by atoms with Crippen LogP contribution in [0.4, 0.5) is 17.6 Å². The third kappa shape index (κ3) is 5.31. The molecule has 0 radical (unpaired) electrons. The summed E-state index contributed by atoms with van der Waals surface area (Å²) in [6, 6.07) is 3.53. The number of hydrogen-bond acceptors (Lipinski definition) is 4. The average Bonchev–Trinajstić information content (AvgIpc) is 2.37. The maximum atomic E-state index is 13.5. The van der Waals surface area contributed by atoms with Crippen molar-refractivity contribution in [3.8, 4) is 5.75 Å². The largest absolute Gasteiger partial charge is 0.488 e. The number of alkyl halides is 3. The lowest BCUT2D eigenvalue weighted by Gasteiger charge is -2.10. The summed E-state index contributed by atoms with van der Waals surface area (Å²) in [5.41, 5.74) is 5.40. The summed E-state index contributed by atoms with van der Waals surface area (Å²) in [5, 5.41) is 11.1. The van der Waals surface area contributed by atoms with Gasteiger partial charge in [-0.3, -0.25) is 0 Å². The van der Waals surface area contributed by atoms with E-state index in [4.69, 9.17) is 15.7 Å². The Bertz CT molecular complexity index is 477. The molecular formula is C11H12F4N2O3. The molecule has 0 unspecified atom stereocenters. The molecule has 0 saturated heterocycles. The standard InChI is InChI=1S/C11H12F4N2O3/c12-8-5-7(10(16)17-18)1-2-9(8)20-4-3-19-6-11(13,14)15/h1-2,5,18H,3-4,6H2,(H2,16,17). The first kappa shape index (κ1) is 16.0. The lowest BCUT2D eigenvalue weighted by atomic mass is 10.2. The van der Waals surface area contributed by atoms with Crippen molar-refractivity contribution in [2.75, 3.05) is 19.8 Å². The molecule has 0 amide bonds. The predicted octanol–water partition coefficient (Wildman–Crippen LogP) is 1.88. The van der Waals surface area contributed by atoms with Crippen molar-refractivity contribution in [2.45, 2.75) is 6.18 Å². The number of nitrogens with two attached hydrogens (primary N) is 1. The summed E-state index contributed by atoms with van der Waals surface area (Å²) >= 11 is 0. The van der Waals surface area contributed by atoms with Crippen LogP contribution in [0, 0.1) is 5.82 Å². The number of oxime groups is 1. The molecule has 5 nitrogen and oxygen atoms in total.